The normalized spacial score (nSPS) is 14.2. The maximum atomic E-state index is 12.8. The van der Waals surface area contributed by atoms with Crippen molar-refractivity contribution in [3.63, 3.8) is 0 Å². The lowest BCUT2D eigenvalue weighted by Crippen LogP contribution is -2.58. The third-order valence-electron chi connectivity index (χ3n) is 4.62. The van der Waals surface area contributed by atoms with Gasteiger partial charge >= 0.3 is 5.97 Å². The first-order chi connectivity index (χ1) is 15.6. The van der Waals surface area contributed by atoms with Crippen molar-refractivity contribution < 1.29 is 38.7 Å². The third-order valence-corrected chi connectivity index (χ3v) is 4.62. The van der Waals surface area contributed by atoms with Gasteiger partial charge in [0.2, 0.25) is 35.4 Å². The van der Waals surface area contributed by atoms with Crippen LogP contribution < -0.4 is 38.9 Å². The predicted molar refractivity (Wildman–Crippen MR) is 117 cm³/mol. The van der Waals surface area contributed by atoms with Gasteiger partial charge in [-0.25, -0.2) is 4.79 Å². The number of aliphatic carboxylic acids is 1. The molecule has 12 N–H and O–H groups in total. The first-order valence-electron chi connectivity index (χ1n) is 10.4. The number of carboxylic acids is 1. The SMILES string of the molecule is CC(C)C(NC(=O)C(N)CCC(N)=O)C(=O)NC(CCC(N)=O)C(=O)NC(CC(N)=O)C(=O)O. The van der Waals surface area contributed by atoms with Crippen LogP contribution in [0.3, 0.4) is 0 Å². The Morgan fingerprint density at radius 1 is 0.706 bits per heavy atom. The van der Waals surface area contributed by atoms with Crippen LogP contribution in [-0.4, -0.2) is 70.7 Å². The van der Waals surface area contributed by atoms with Crippen LogP contribution in [0.15, 0.2) is 0 Å². The summed E-state index contributed by atoms with van der Waals surface area (Å²) in [6, 6.07) is -5.38. The molecule has 0 heterocycles. The molecule has 0 rings (SSSR count). The summed E-state index contributed by atoms with van der Waals surface area (Å²) in [7, 11) is 0. The molecule has 192 valence electrons. The number of nitrogens with one attached hydrogen (secondary N) is 3. The van der Waals surface area contributed by atoms with Gasteiger partial charge in [0.1, 0.15) is 18.1 Å². The number of rotatable bonds is 16. The molecule has 0 aromatic heterocycles. The van der Waals surface area contributed by atoms with Crippen LogP contribution in [-0.2, 0) is 33.6 Å². The van der Waals surface area contributed by atoms with Gasteiger partial charge in [0.15, 0.2) is 0 Å². The van der Waals surface area contributed by atoms with E-state index in [9.17, 15) is 38.7 Å². The predicted octanol–water partition coefficient (Wildman–Crippen LogP) is -4.08. The summed E-state index contributed by atoms with van der Waals surface area (Å²) in [4.78, 5) is 82.2. The van der Waals surface area contributed by atoms with Crippen LogP contribution in [0.1, 0.15) is 46.0 Å². The fraction of sp³-hybridized carbons (Fsp3) is 0.632. The maximum absolute atomic E-state index is 12.8. The van der Waals surface area contributed by atoms with E-state index in [0.29, 0.717) is 0 Å². The van der Waals surface area contributed by atoms with Gasteiger partial charge in [-0.15, -0.1) is 0 Å². The number of amides is 6. The van der Waals surface area contributed by atoms with Gasteiger partial charge in [0, 0.05) is 12.8 Å². The molecule has 0 saturated carbocycles. The highest BCUT2D eigenvalue weighted by Gasteiger charge is 2.32. The zero-order valence-corrected chi connectivity index (χ0v) is 19.0. The topological polar surface area (TPSA) is 280 Å². The molecular weight excluding hydrogens is 454 g/mol. The molecule has 0 aliphatic carbocycles. The highest BCUT2D eigenvalue weighted by atomic mass is 16.4. The Hall–Kier alpha value is -3.75. The highest BCUT2D eigenvalue weighted by molar-refractivity contribution is 5.95. The van der Waals surface area contributed by atoms with Gasteiger partial charge < -0.3 is 44.0 Å². The van der Waals surface area contributed by atoms with Crippen LogP contribution in [0.25, 0.3) is 0 Å². The van der Waals surface area contributed by atoms with Crippen molar-refractivity contribution in [1.82, 2.24) is 16.0 Å². The number of hydrogen-bond acceptors (Lipinski definition) is 8. The number of carbonyl (C=O) groups excluding carboxylic acids is 6. The summed E-state index contributed by atoms with van der Waals surface area (Å²) in [6.45, 7) is 3.20. The molecule has 0 aromatic carbocycles. The summed E-state index contributed by atoms with van der Waals surface area (Å²) < 4.78 is 0. The maximum Gasteiger partial charge on any atom is 0.326 e. The number of carbonyl (C=O) groups is 7. The minimum atomic E-state index is -1.66. The average molecular weight is 488 g/mol. The highest BCUT2D eigenvalue weighted by Crippen LogP contribution is 2.07. The monoisotopic (exact) mass is 487 g/mol. The van der Waals surface area contributed by atoms with E-state index in [2.05, 4.69) is 16.0 Å². The van der Waals surface area contributed by atoms with E-state index < -0.39 is 77.9 Å². The van der Waals surface area contributed by atoms with E-state index in [1.807, 2.05) is 0 Å². The summed E-state index contributed by atoms with van der Waals surface area (Å²) in [6.07, 6.45) is -1.51. The minimum absolute atomic E-state index is 0.0479. The van der Waals surface area contributed by atoms with Crippen LogP contribution in [0.5, 0.6) is 0 Å². The molecule has 0 aromatic rings. The number of primary amides is 3. The second-order valence-corrected chi connectivity index (χ2v) is 7.98. The second-order valence-electron chi connectivity index (χ2n) is 7.98. The van der Waals surface area contributed by atoms with E-state index in [4.69, 9.17) is 22.9 Å². The van der Waals surface area contributed by atoms with Crippen molar-refractivity contribution in [1.29, 1.82) is 0 Å². The molecule has 0 spiro atoms. The van der Waals surface area contributed by atoms with Crippen LogP contribution >= 0.6 is 0 Å². The Balaban J connectivity index is 5.49. The fourth-order valence-corrected chi connectivity index (χ4v) is 2.71. The Kier molecular flexibility index (Phi) is 12.8. The number of nitrogens with two attached hydrogens (primary N) is 4. The van der Waals surface area contributed by atoms with Crippen molar-refractivity contribution in [3.05, 3.63) is 0 Å². The molecule has 0 saturated heterocycles. The van der Waals surface area contributed by atoms with E-state index in [-0.39, 0.29) is 25.7 Å². The van der Waals surface area contributed by atoms with Crippen molar-refractivity contribution in [3.8, 4) is 0 Å². The van der Waals surface area contributed by atoms with Crippen LogP contribution in [0, 0.1) is 5.92 Å². The average Bonchev–Trinajstić information content (AvgIpc) is 2.71. The van der Waals surface area contributed by atoms with Crippen LogP contribution in [0.2, 0.25) is 0 Å². The Morgan fingerprint density at radius 2 is 1.21 bits per heavy atom. The molecule has 4 atom stereocenters. The Labute approximate surface area is 195 Å². The van der Waals surface area contributed by atoms with Gasteiger partial charge in [-0.1, -0.05) is 13.8 Å². The lowest BCUT2D eigenvalue weighted by atomic mass is 10.0. The fourth-order valence-electron chi connectivity index (χ4n) is 2.71. The molecule has 4 unspecified atom stereocenters. The number of carboxylic acid groups (broad SMARTS) is 1. The first-order valence-corrected chi connectivity index (χ1v) is 10.4. The zero-order chi connectivity index (χ0) is 26.6. The lowest BCUT2D eigenvalue weighted by Gasteiger charge is -2.26. The summed E-state index contributed by atoms with van der Waals surface area (Å²) in [5, 5.41) is 16.0. The molecule has 15 nitrogen and oxygen atoms in total. The van der Waals surface area contributed by atoms with Crippen molar-refractivity contribution in [2.75, 3.05) is 0 Å². The van der Waals surface area contributed by atoms with Crippen molar-refractivity contribution >= 4 is 41.4 Å². The Bertz CT molecular complexity index is 802. The van der Waals surface area contributed by atoms with E-state index in [1.54, 1.807) is 13.8 Å². The van der Waals surface area contributed by atoms with Gasteiger partial charge in [-0.2, -0.15) is 0 Å². The van der Waals surface area contributed by atoms with Gasteiger partial charge in [-0.05, 0) is 18.8 Å². The van der Waals surface area contributed by atoms with Crippen molar-refractivity contribution in [2.24, 2.45) is 28.9 Å². The second kappa shape index (κ2) is 14.4. The van der Waals surface area contributed by atoms with E-state index in [1.165, 1.54) is 0 Å². The van der Waals surface area contributed by atoms with Gasteiger partial charge in [-0.3, -0.25) is 28.8 Å². The zero-order valence-electron chi connectivity index (χ0n) is 19.0. The van der Waals surface area contributed by atoms with E-state index in [0.717, 1.165) is 0 Å². The largest absolute Gasteiger partial charge is 0.480 e. The molecular formula is C19H33N7O8. The quantitative estimate of drug-likeness (QED) is 0.105. The third kappa shape index (κ3) is 11.8. The molecule has 0 fully saturated rings. The molecule has 34 heavy (non-hydrogen) atoms. The molecule has 0 bridgehead atoms. The summed E-state index contributed by atoms with van der Waals surface area (Å²) in [5.74, 6) is -7.00. The van der Waals surface area contributed by atoms with Crippen molar-refractivity contribution in [2.45, 2.75) is 70.1 Å². The Morgan fingerprint density at radius 3 is 1.65 bits per heavy atom. The van der Waals surface area contributed by atoms with E-state index >= 15 is 0 Å². The van der Waals surface area contributed by atoms with Gasteiger partial charge in [0.25, 0.3) is 0 Å². The lowest BCUT2D eigenvalue weighted by molar-refractivity contribution is -0.144. The smallest absolute Gasteiger partial charge is 0.326 e. The molecule has 0 aliphatic rings. The molecule has 0 aliphatic heterocycles. The van der Waals surface area contributed by atoms with Gasteiger partial charge in [0.05, 0.1) is 12.5 Å². The first kappa shape index (κ1) is 30.2. The number of hydrogen-bond donors (Lipinski definition) is 8. The summed E-state index contributed by atoms with van der Waals surface area (Å²) in [5.41, 5.74) is 20.8. The molecule has 0 radical (unpaired) electrons. The standard InChI is InChI=1S/C19H33N7O8/c1-8(2)15(26-16(30)9(20)3-5-12(21)27)18(32)24-10(4-6-13(22)28)17(31)25-11(19(33)34)7-14(23)29/h8-11,15H,3-7,20H2,1-2H3,(H2,21,27)(H2,22,28)(H2,23,29)(H,24,32)(H,25,31)(H,26,30)(H,33,34). The summed E-state index contributed by atoms with van der Waals surface area (Å²) >= 11 is 0. The minimum Gasteiger partial charge on any atom is -0.480 e. The molecule has 15 heteroatoms. The molecule has 6 amide bonds. The van der Waals surface area contributed by atoms with Crippen LogP contribution in [0.4, 0.5) is 0 Å².